The van der Waals surface area contributed by atoms with E-state index in [2.05, 4.69) is 73.5 Å². The molecule has 2 aromatic rings. The lowest BCUT2D eigenvalue weighted by Gasteiger charge is -2.21. The first-order chi connectivity index (χ1) is 10.2. The molecule has 1 aromatic heterocycles. The van der Waals surface area contributed by atoms with Crippen LogP contribution in [0, 0.1) is 13.8 Å². The second-order valence-electron chi connectivity index (χ2n) is 5.66. The van der Waals surface area contributed by atoms with Gasteiger partial charge in [-0.2, -0.15) is 0 Å². The minimum Gasteiger partial charge on any atom is -0.310 e. The Kier molecular flexibility index (Phi) is 5.94. The van der Waals surface area contributed by atoms with Gasteiger partial charge in [-0.1, -0.05) is 43.3 Å². The lowest BCUT2D eigenvalue weighted by atomic mass is 9.97. The van der Waals surface area contributed by atoms with E-state index in [0.29, 0.717) is 6.04 Å². The van der Waals surface area contributed by atoms with Crippen LogP contribution in [-0.4, -0.2) is 11.5 Å². The number of benzene rings is 1. The molecule has 0 spiro atoms. The molecule has 1 aromatic carbocycles. The molecule has 2 heteroatoms. The third-order valence-corrected chi connectivity index (χ3v) is 3.85. The molecule has 0 fully saturated rings. The maximum atomic E-state index is 4.62. The van der Waals surface area contributed by atoms with E-state index in [9.17, 15) is 0 Å². The normalized spacial score (nSPS) is 12.3. The molecule has 0 saturated carbocycles. The van der Waals surface area contributed by atoms with Crippen molar-refractivity contribution in [3.63, 3.8) is 0 Å². The van der Waals surface area contributed by atoms with Gasteiger partial charge in [0.2, 0.25) is 0 Å². The van der Waals surface area contributed by atoms with Crippen molar-refractivity contribution in [2.75, 3.05) is 6.54 Å². The third-order valence-electron chi connectivity index (χ3n) is 3.85. The fraction of sp³-hybridized carbons (Fsp3) is 0.421. The highest BCUT2D eigenvalue weighted by atomic mass is 14.9. The van der Waals surface area contributed by atoms with Crippen LogP contribution in [0.25, 0.3) is 0 Å². The Morgan fingerprint density at radius 3 is 2.48 bits per heavy atom. The van der Waals surface area contributed by atoms with Crippen LogP contribution >= 0.6 is 0 Å². The van der Waals surface area contributed by atoms with Gasteiger partial charge < -0.3 is 5.32 Å². The lowest BCUT2D eigenvalue weighted by molar-refractivity contribution is 0.495. The monoisotopic (exact) mass is 282 g/mol. The number of nitrogens with zero attached hydrogens (tertiary/aromatic N) is 1. The number of pyridine rings is 1. The van der Waals surface area contributed by atoms with Gasteiger partial charge in [0.25, 0.3) is 0 Å². The van der Waals surface area contributed by atoms with Crippen molar-refractivity contribution in [3.8, 4) is 0 Å². The van der Waals surface area contributed by atoms with Crippen LogP contribution in [0.4, 0.5) is 0 Å². The molecule has 0 radical (unpaired) electrons. The summed E-state index contributed by atoms with van der Waals surface area (Å²) in [4.78, 5) is 4.62. The summed E-state index contributed by atoms with van der Waals surface area (Å²) in [6.45, 7) is 7.43. The molecule has 112 valence electrons. The molecule has 1 N–H and O–H groups in total. The smallest absolute Gasteiger partial charge is 0.0423 e. The Labute approximate surface area is 128 Å². The number of nitrogens with one attached hydrogen (secondary N) is 1. The third kappa shape index (κ3) is 4.68. The predicted molar refractivity (Wildman–Crippen MR) is 89.5 cm³/mol. The van der Waals surface area contributed by atoms with E-state index in [1.165, 1.54) is 11.1 Å². The number of hydrogen-bond acceptors (Lipinski definition) is 2. The lowest BCUT2D eigenvalue weighted by Crippen LogP contribution is -2.24. The summed E-state index contributed by atoms with van der Waals surface area (Å²) in [7, 11) is 0. The molecule has 0 saturated heterocycles. The van der Waals surface area contributed by atoms with E-state index >= 15 is 0 Å². The van der Waals surface area contributed by atoms with Crippen LogP contribution < -0.4 is 5.32 Å². The largest absolute Gasteiger partial charge is 0.310 e. The van der Waals surface area contributed by atoms with Gasteiger partial charge in [-0.15, -0.1) is 0 Å². The summed E-state index contributed by atoms with van der Waals surface area (Å²) in [5.74, 6) is 0. The zero-order chi connectivity index (χ0) is 15.1. The van der Waals surface area contributed by atoms with Crippen LogP contribution in [0.15, 0.2) is 42.5 Å². The molecular formula is C19H26N2. The fourth-order valence-electron chi connectivity index (χ4n) is 2.71. The average Bonchev–Trinajstić information content (AvgIpc) is 2.49. The first kappa shape index (κ1) is 15.7. The van der Waals surface area contributed by atoms with Crippen molar-refractivity contribution in [2.24, 2.45) is 0 Å². The van der Waals surface area contributed by atoms with Crippen LogP contribution in [0.2, 0.25) is 0 Å². The van der Waals surface area contributed by atoms with Gasteiger partial charge in [0.05, 0.1) is 0 Å². The molecule has 0 aliphatic rings. The summed E-state index contributed by atoms with van der Waals surface area (Å²) in [6.07, 6.45) is 3.35. The van der Waals surface area contributed by atoms with E-state index in [-0.39, 0.29) is 0 Å². The number of hydrogen-bond donors (Lipinski definition) is 1. The van der Waals surface area contributed by atoms with E-state index < -0.39 is 0 Å². The van der Waals surface area contributed by atoms with Crippen LogP contribution in [-0.2, 0) is 6.42 Å². The van der Waals surface area contributed by atoms with E-state index in [0.717, 1.165) is 37.2 Å². The maximum Gasteiger partial charge on any atom is 0.0423 e. The van der Waals surface area contributed by atoms with Crippen molar-refractivity contribution < 1.29 is 0 Å². The zero-order valence-corrected chi connectivity index (χ0v) is 13.4. The molecule has 21 heavy (non-hydrogen) atoms. The topological polar surface area (TPSA) is 24.9 Å². The van der Waals surface area contributed by atoms with Gasteiger partial charge in [0.1, 0.15) is 0 Å². The average molecular weight is 282 g/mol. The van der Waals surface area contributed by atoms with Crippen LogP contribution in [0.5, 0.6) is 0 Å². The summed E-state index contributed by atoms with van der Waals surface area (Å²) in [5.41, 5.74) is 4.98. The van der Waals surface area contributed by atoms with Crippen molar-refractivity contribution in [3.05, 3.63) is 65.0 Å². The summed E-state index contributed by atoms with van der Waals surface area (Å²) in [6, 6.07) is 15.4. The van der Waals surface area contributed by atoms with Crippen molar-refractivity contribution in [1.82, 2.24) is 10.3 Å². The van der Waals surface area contributed by atoms with Gasteiger partial charge >= 0.3 is 0 Å². The quantitative estimate of drug-likeness (QED) is 0.815. The van der Waals surface area contributed by atoms with Crippen molar-refractivity contribution in [2.45, 2.75) is 46.1 Å². The highest BCUT2D eigenvalue weighted by Crippen LogP contribution is 2.22. The summed E-state index contributed by atoms with van der Waals surface area (Å²) < 4.78 is 0. The zero-order valence-electron chi connectivity index (χ0n) is 13.4. The highest BCUT2D eigenvalue weighted by molar-refractivity contribution is 5.26. The second-order valence-corrected chi connectivity index (χ2v) is 5.66. The maximum absolute atomic E-state index is 4.62. The molecule has 1 atom stereocenters. The number of aryl methyl sites for hydroxylation is 3. The molecule has 1 unspecified atom stereocenters. The number of aromatic nitrogens is 1. The predicted octanol–water partition coefficient (Wildman–Crippen LogP) is 4.37. The van der Waals surface area contributed by atoms with E-state index in [1.54, 1.807) is 0 Å². The summed E-state index contributed by atoms with van der Waals surface area (Å²) in [5, 5.41) is 3.68. The molecule has 0 aliphatic carbocycles. The Balaban J connectivity index is 2.10. The first-order valence-corrected chi connectivity index (χ1v) is 7.92. The van der Waals surface area contributed by atoms with Gasteiger partial charge in [-0.05, 0) is 56.8 Å². The molecule has 0 amide bonds. The van der Waals surface area contributed by atoms with Crippen molar-refractivity contribution in [1.29, 1.82) is 0 Å². The Morgan fingerprint density at radius 1 is 1.05 bits per heavy atom. The highest BCUT2D eigenvalue weighted by Gasteiger charge is 2.14. The van der Waals surface area contributed by atoms with E-state index in [4.69, 9.17) is 0 Å². The standard InChI is InChI=1S/C19H26N2/c1-4-14-20-19(13-11-17-8-6-5-7-9-17)18-12-10-15(2)21-16(18)3/h5-10,12,19-20H,4,11,13-14H2,1-3H3. The molecule has 1 heterocycles. The Hall–Kier alpha value is -1.67. The second kappa shape index (κ2) is 7.94. The van der Waals surface area contributed by atoms with Gasteiger partial charge in [-0.25, -0.2) is 0 Å². The molecule has 0 bridgehead atoms. The first-order valence-electron chi connectivity index (χ1n) is 7.92. The number of rotatable bonds is 7. The summed E-state index contributed by atoms with van der Waals surface area (Å²) >= 11 is 0. The van der Waals surface area contributed by atoms with Gasteiger partial charge in [-0.3, -0.25) is 4.98 Å². The van der Waals surface area contributed by atoms with Crippen molar-refractivity contribution >= 4 is 0 Å². The minimum absolute atomic E-state index is 0.387. The van der Waals surface area contributed by atoms with Crippen LogP contribution in [0.1, 0.15) is 48.3 Å². The van der Waals surface area contributed by atoms with E-state index in [1.807, 2.05) is 0 Å². The minimum atomic E-state index is 0.387. The van der Waals surface area contributed by atoms with Gasteiger partial charge in [0.15, 0.2) is 0 Å². The Bertz CT molecular complexity index is 549. The molecule has 2 rings (SSSR count). The Morgan fingerprint density at radius 2 is 1.81 bits per heavy atom. The SMILES string of the molecule is CCCNC(CCc1ccccc1)c1ccc(C)nc1C. The molecule has 2 nitrogen and oxygen atoms in total. The van der Waals surface area contributed by atoms with Gasteiger partial charge in [0, 0.05) is 17.4 Å². The molecule has 0 aliphatic heterocycles. The fourth-order valence-corrected chi connectivity index (χ4v) is 2.71. The molecular weight excluding hydrogens is 256 g/mol. The van der Waals surface area contributed by atoms with Crippen LogP contribution in [0.3, 0.4) is 0 Å².